The molecule has 0 spiro atoms. The maximum Gasteiger partial charge on any atom is 0.333 e. The molecule has 0 aliphatic heterocycles. The summed E-state index contributed by atoms with van der Waals surface area (Å²) in [6.45, 7) is -0.219. The van der Waals surface area contributed by atoms with Crippen LogP contribution in [0.15, 0.2) is 42.5 Å². The summed E-state index contributed by atoms with van der Waals surface area (Å²) in [5.74, 6) is -0.557. The van der Waals surface area contributed by atoms with Crippen molar-refractivity contribution in [3.8, 4) is 11.5 Å². The lowest BCUT2D eigenvalue weighted by Crippen LogP contribution is -2.17. The van der Waals surface area contributed by atoms with Gasteiger partial charge in [-0.25, -0.2) is 9.48 Å². The second kappa shape index (κ2) is 6.32. The first-order valence-corrected chi connectivity index (χ1v) is 6.90. The lowest BCUT2D eigenvalue weighted by molar-refractivity contribution is -0.385. The van der Waals surface area contributed by atoms with Crippen molar-refractivity contribution in [2.75, 3.05) is 7.11 Å². The first-order valence-electron chi connectivity index (χ1n) is 6.90. The Morgan fingerprint density at radius 3 is 2.83 bits per heavy atom. The van der Waals surface area contributed by atoms with E-state index in [4.69, 9.17) is 9.47 Å². The minimum atomic E-state index is -0.695. The van der Waals surface area contributed by atoms with E-state index in [2.05, 4.69) is 10.3 Å². The van der Waals surface area contributed by atoms with Gasteiger partial charge in [0.2, 0.25) is 5.75 Å². The number of carbonyl (C=O) groups excluding carboxylic acids is 1. The number of aromatic nitrogens is 3. The van der Waals surface area contributed by atoms with Gasteiger partial charge in [0.1, 0.15) is 17.8 Å². The van der Waals surface area contributed by atoms with Crippen LogP contribution < -0.4 is 9.47 Å². The zero-order chi connectivity index (χ0) is 17.1. The molecule has 1 aromatic heterocycles. The molecule has 0 aliphatic carbocycles. The Morgan fingerprint density at radius 1 is 1.29 bits per heavy atom. The number of nitro benzene ring substituents is 1. The molecular weight excluding hydrogens is 316 g/mol. The fourth-order valence-corrected chi connectivity index (χ4v) is 2.16. The van der Waals surface area contributed by atoms with E-state index in [1.807, 2.05) is 0 Å². The van der Waals surface area contributed by atoms with Crippen molar-refractivity contribution in [1.29, 1.82) is 0 Å². The number of hydrogen-bond donors (Lipinski definition) is 0. The van der Waals surface area contributed by atoms with Crippen molar-refractivity contribution in [3.63, 3.8) is 0 Å². The molecule has 0 N–H and O–H groups in total. The van der Waals surface area contributed by atoms with Crippen LogP contribution >= 0.6 is 0 Å². The summed E-state index contributed by atoms with van der Waals surface area (Å²) in [5, 5.41) is 18.9. The number of rotatable bonds is 5. The number of para-hydroxylation sites is 1. The second-order valence-corrected chi connectivity index (χ2v) is 4.80. The number of nitrogens with zero attached hydrogens (tertiary/aromatic N) is 4. The third-order valence-corrected chi connectivity index (χ3v) is 3.29. The van der Waals surface area contributed by atoms with Crippen LogP contribution in [0.3, 0.4) is 0 Å². The Balaban J connectivity index is 1.81. The van der Waals surface area contributed by atoms with Crippen LogP contribution in [0.5, 0.6) is 11.5 Å². The van der Waals surface area contributed by atoms with Crippen LogP contribution in [0, 0.1) is 10.1 Å². The molecule has 9 heteroatoms. The van der Waals surface area contributed by atoms with E-state index >= 15 is 0 Å². The minimum Gasteiger partial charge on any atom is -0.496 e. The van der Waals surface area contributed by atoms with Crippen LogP contribution in [0.25, 0.3) is 11.0 Å². The zero-order valence-corrected chi connectivity index (χ0v) is 12.6. The van der Waals surface area contributed by atoms with Gasteiger partial charge in [-0.1, -0.05) is 17.3 Å². The lowest BCUT2D eigenvalue weighted by atomic mass is 10.3. The van der Waals surface area contributed by atoms with Crippen molar-refractivity contribution >= 4 is 22.7 Å². The van der Waals surface area contributed by atoms with Gasteiger partial charge in [-0.05, 0) is 24.3 Å². The van der Waals surface area contributed by atoms with E-state index in [1.165, 1.54) is 30.0 Å². The highest BCUT2D eigenvalue weighted by molar-refractivity contribution is 5.78. The molecular formula is C15H12N4O5. The van der Waals surface area contributed by atoms with Gasteiger partial charge in [0.15, 0.2) is 0 Å². The van der Waals surface area contributed by atoms with Gasteiger partial charge in [0.25, 0.3) is 0 Å². The van der Waals surface area contributed by atoms with Crippen molar-refractivity contribution in [1.82, 2.24) is 15.0 Å². The molecule has 0 atom stereocenters. The molecule has 3 aromatic rings. The van der Waals surface area contributed by atoms with E-state index in [9.17, 15) is 14.9 Å². The summed E-state index contributed by atoms with van der Waals surface area (Å²) in [5.41, 5.74) is 0.950. The fourth-order valence-electron chi connectivity index (χ4n) is 2.16. The second-order valence-electron chi connectivity index (χ2n) is 4.80. The predicted molar refractivity (Wildman–Crippen MR) is 82.8 cm³/mol. The Bertz CT molecular complexity index is 921. The van der Waals surface area contributed by atoms with E-state index in [-0.39, 0.29) is 18.0 Å². The highest BCUT2D eigenvalue weighted by Crippen LogP contribution is 2.31. The molecule has 0 radical (unpaired) electrons. The SMILES string of the molecule is COc1ccc(OC(=O)Cn2nnc3ccccc32)c([N+](=O)[O-])c1. The first-order chi connectivity index (χ1) is 11.6. The fraction of sp³-hybridized carbons (Fsp3) is 0.133. The van der Waals surface area contributed by atoms with Crippen LogP contribution in [-0.4, -0.2) is 33.0 Å². The number of esters is 1. The van der Waals surface area contributed by atoms with Crippen LogP contribution in [0.2, 0.25) is 0 Å². The van der Waals surface area contributed by atoms with Gasteiger partial charge >= 0.3 is 11.7 Å². The third-order valence-electron chi connectivity index (χ3n) is 3.29. The van der Waals surface area contributed by atoms with E-state index in [0.717, 1.165) is 0 Å². The van der Waals surface area contributed by atoms with Crippen LogP contribution in [0.4, 0.5) is 5.69 Å². The monoisotopic (exact) mass is 328 g/mol. The standard InChI is InChI=1S/C15H12N4O5/c1-23-10-6-7-14(13(8-10)19(21)22)24-15(20)9-18-12-5-3-2-4-11(12)16-17-18/h2-8H,9H2,1H3. The highest BCUT2D eigenvalue weighted by Gasteiger charge is 2.20. The number of carbonyl (C=O) groups is 1. The van der Waals surface area contributed by atoms with Gasteiger partial charge in [0, 0.05) is 0 Å². The number of hydrogen-bond acceptors (Lipinski definition) is 7. The molecule has 2 aromatic carbocycles. The zero-order valence-electron chi connectivity index (χ0n) is 12.6. The highest BCUT2D eigenvalue weighted by atomic mass is 16.6. The van der Waals surface area contributed by atoms with Gasteiger partial charge in [-0.15, -0.1) is 5.10 Å². The average Bonchev–Trinajstić information content (AvgIpc) is 2.98. The molecule has 0 amide bonds. The topological polar surface area (TPSA) is 109 Å². The Labute approximate surface area is 135 Å². The van der Waals surface area contributed by atoms with E-state index in [0.29, 0.717) is 16.8 Å². The lowest BCUT2D eigenvalue weighted by Gasteiger charge is -2.07. The molecule has 9 nitrogen and oxygen atoms in total. The largest absolute Gasteiger partial charge is 0.496 e. The van der Waals surface area contributed by atoms with Crippen LogP contribution in [-0.2, 0) is 11.3 Å². The minimum absolute atomic E-state index is 0.157. The summed E-state index contributed by atoms with van der Waals surface area (Å²) in [6.07, 6.45) is 0. The number of methoxy groups -OCH3 is 1. The summed E-state index contributed by atoms with van der Waals surface area (Å²) >= 11 is 0. The maximum absolute atomic E-state index is 12.1. The summed E-state index contributed by atoms with van der Waals surface area (Å²) in [6, 6.07) is 11.1. The number of nitro groups is 1. The number of fused-ring (bicyclic) bond motifs is 1. The molecule has 0 fully saturated rings. The maximum atomic E-state index is 12.1. The molecule has 0 saturated carbocycles. The van der Waals surface area contributed by atoms with Gasteiger partial charge < -0.3 is 9.47 Å². The number of ether oxygens (including phenoxy) is 2. The molecule has 24 heavy (non-hydrogen) atoms. The van der Waals surface area contributed by atoms with Gasteiger partial charge in [-0.3, -0.25) is 10.1 Å². The molecule has 1 heterocycles. The molecule has 0 aliphatic rings. The molecule has 0 unspecified atom stereocenters. The van der Waals surface area contributed by atoms with Crippen molar-refractivity contribution in [2.45, 2.75) is 6.54 Å². The van der Waals surface area contributed by atoms with Crippen LogP contribution in [0.1, 0.15) is 0 Å². The Kier molecular flexibility index (Phi) is 4.06. The summed E-state index contributed by atoms with van der Waals surface area (Å²) in [7, 11) is 1.39. The van der Waals surface area contributed by atoms with Crippen molar-refractivity contribution in [2.24, 2.45) is 0 Å². The van der Waals surface area contributed by atoms with E-state index in [1.54, 1.807) is 24.3 Å². The molecule has 0 bridgehead atoms. The first kappa shape index (κ1) is 15.4. The quantitative estimate of drug-likeness (QED) is 0.305. The summed E-state index contributed by atoms with van der Waals surface area (Å²) in [4.78, 5) is 22.5. The Hall–Kier alpha value is -3.49. The number of benzene rings is 2. The predicted octanol–water partition coefficient (Wildman–Crippen LogP) is 1.95. The van der Waals surface area contributed by atoms with Crippen molar-refractivity contribution < 1.29 is 19.2 Å². The van der Waals surface area contributed by atoms with E-state index < -0.39 is 10.9 Å². The normalized spacial score (nSPS) is 10.5. The van der Waals surface area contributed by atoms with Crippen molar-refractivity contribution in [3.05, 3.63) is 52.6 Å². The Morgan fingerprint density at radius 2 is 2.08 bits per heavy atom. The summed E-state index contributed by atoms with van der Waals surface area (Å²) < 4.78 is 11.4. The van der Waals surface area contributed by atoms with Gasteiger partial charge in [-0.2, -0.15) is 0 Å². The molecule has 0 saturated heterocycles. The molecule has 122 valence electrons. The average molecular weight is 328 g/mol. The smallest absolute Gasteiger partial charge is 0.333 e. The third kappa shape index (κ3) is 3.00. The van der Waals surface area contributed by atoms with Gasteiger partial charge in [0.05, 0.1) is 23.6 Å². The molecule has 3 rings (SSSR count).